The van der Waals surface area contributed by atoms with Gasteiger partial charge in [-0.25, -0.2) is 4.98 Å². The van der Waals surface area contributed by atoms with Gasteiger partial charge in [0.2, 0.25) is 0 Å². The molecule has 0 bridgehead atoms. The van der Waals surface area contributed by atoms with Gasteiger partial charge in [-0.05, 0) is 18.1 Å². The fraction of sp³-hybridized carbons (Fsp3) is 0.375. The van der Waals surface area contributed by atoms with Crippen LogP contribution in [0.3, 0.4) is 0 Å². The van der Waals surface area contributed by atoms with Gasteiger partial charge in [0.05, 0.1) is 0 Å². The first-order chi connectivity index (χ1) is 5.24. The Morgan fingerprint density at radius 1 is 1.64 bits per heavy atom. The minimum atomic E-state index is 0.0831. The molecule has 0 fully saturated rings. The van der Waals surface area contributed by atoms with Gasteiger partial charge in [0.25, 0.3) is 0 Å². The van der Waals surface area contributed by atoms with E-state index < -0.39 is 0 Å². The molecule has 1 atom stereocenters. The van der Waals surface area contributed by atoms with Crippen molar-refractivity contribution in [3.63, 3.8) is 0 Å². The highest BCUT2D eigenvalue weighted by Gasteiger charge is 2.01. The van der Waals surface area contributed by atoms with Crippen LogP contribution >= 0.6 is 11.6 Å². The summed E-state index contributed by atoms with van der Waals surface area (Å²) in [6.07, 6.45) is 2.64. The molecule has 3 heteroatoms. The maximum atomic E-state index is 5.76. The first-order valence-electron chi connectivity index (χ1n) is 3.61. The van der Waals surface area contributed by atoms with Crippen molar-refractivity contribution < 1.29 is 0 Å². The van der Waals surface area contributed by atoms with Gasteiger partial charge in [-0.3, -0.25) is 0 Å². The Balaban J connectivity index is 2.81. The Labute approximate surface area is 71.4 Å². The van der Waals surface area contributed by atoms with Gasteiger partial charge in [0.1, 0.15) is 5.15 Å². The maximum Gasteiger partial charge on any atom is 0.129 e. The fourth-order valence-electron chi connectivity index (χ4n) is 0.842. The van der Waals surface area contributed by atoms with Crippen molar-refractivity contribution in [2.45, 2.75) is 19.4 Å². The van der Waals surface area contributed by atoms with E-state index in [2.05, 4.69) is 4.98 Å². The second-order valence-electron chi connectivity index (χ2n) is 2.43. The quantitative estimate of drug-likeness (QED) is 0.691. The van der Waals surface area contributed by atoms with Crippen molar-refractivity contribution in [1.82, 2.24) is 4.98 Å². The molecule has 60 valence electrons. The summed E-state index contributed by atoms with van der Waals surface area (Å²) in [7, 11) is 0. The number of rotatable bonds is 2. The van der Waals surface area contributed by atoms with Gasteiger partial charge >= 0.3 is 0 Å². The highest BCUT2D eigenvalue weighted by Crippen LogP contribution is 2.13. The molecule has 1 rings (SSSR count). The fourth-order valence-corrected chi connectivity index (χ4v) is 0.954. The van der Waals surface area contributed by atoms with E-state index in [0.717, 1.165) is 12.0 Å². The highest BCUT2D eigenvalue weighted by molar-refractivity contribution is 6.29. The van der Waals surface area contributed by atoms with E-state index >= 15 is 0 Å². The minimum absolute atomic E-state index is 0.0831. The first-order valence-corrected chi connectivity index (χ1v) is 3.99. The molecule has 0 radical (unpaired) electrons. The van der Waals surface area contributed by atoms with Crippen LogP contribution in [0.1, 0.15) is 24.9 Å². The van der Waals surface area contributed by atoms with E-state index in [4.69, 9.17) is 17.3 Å². The molecule has 2 nitrogen and oxygen atoms in total. The van der Waals surface area contributed by atoms with Crippen LogP contribution in [0.2, 0.25) is 5.15 Å². The molecule has 1 heterocycles. The second kappa shape index (κ2) is 3.69. The van der Waals surface area contributed by atoms with E-state index in [9.17, 15) is 0 Å². The lowest BCUT2D eigenvalue weighted by molar-refractivity contribution is 0.695. The van der Waals surface area contributed by atoms with E-state index in [1.54, 1.807) is 12.3 Å². The van der Waals surface area contributed by atoms with Crippen molar-refractivity contribution >= 4 is 11.6 Å². The average molecular weight is 171 g/mol. The van der Waals surface area contributed by atoms with Gasteiger partial charge in [0, 0.05) is 12.2 Å². The SMILES string of the molecule is CCC(N)c1ccc(Cl)nc1. The summed E-state index contributed by atoms with van der Waals surface area (Å²) in [5.74, 6) is 0. The third kappa shape index (κ3) is 2.17. The molecular weight excluding hydrogens is 160 g/mol. The summed E-state index contributed by atoms with van der Waals surface area (Å²) in [5.41, 5.74) is 6.80. The van der Waals surface area contributed by atoms with Crippen molar-refractivity contribution in [2.75, 3.05) is 0 Å². The molecule has 0 aliphatic carbocycles. The molecular formula is C8H11ClN2. The van der Waals surface area contributed by atoms with Gasteiger partial charge in [-0.15, -0.1) is 0 Å². The standard InChI is InChI=1S/C8H11ClN2/c1-2-7(10)6-3-4-8(9)11-5-6/h3-5,7H,2,10H2,1H3. The Morgan fingerprint density at radius 3 is 2.82 bits per heavy atom. The minimum Gasteiger partial charge on any atom is -0.324 e. The molecule has 2 N–H and O–H groups in total. The van der Waals surface area contributed by atoms with Crippen LogP contribution in [0.5, 0.6) is 0 Å². The highest BCUT2D eigenvalue weighted by atomic mass is 35.5. The van der Waals surface area contributed by atoms with E-state index in [0.29, 0.717) is 5.15 Å². The molecule has 0 saturated carbocycles. The van der Waals surface area contributed by atoms with Crippen molar-refractivity contribution in [2.24, 2.45) is 5.73 Å². The Kier molecular flexibility index (Phi) is 2.85. The lowest BCUT2D eigenvalue weighted by atomic mass is 10.1. The Morgan fingerprint density at radius 2 is 2.36 bits per heavy atom. The predicted octanol–water partition coefficient (Wildman–Crippen LogP) is 2.14. The zero-order valence-electron chi connectivity index (χ0n) is 6.42. The third-order valence-electron chi connectivity index (χ3n) is 1.62. The average Bonchev–Trinajstić information content (AvgIpc) is 2.05. The normalized spacial score (nSPS) is 13.0. The Hall–Kier alpha value is -0.600. The van der Waals surface area contributed by atoms with Crippen LogP contribution in [0.15, 0.2) is 18.3 Å². The molecule has 11 heavy (non-hydrogen) atoms. The molecule has 0 spiro atoms. The van der Waals surface area contributed by atoms with Crippen molar-refractivity contribution in [3.05, 3.63) is 29.0 Å². The molecule has 1 unspecified atom stereocenters. The lowest BCUT2D eigenvalue weighted by Crippen LogP contribution is -2.08. The monoisotopic (exact) mass is 170 g/mol. The first kappa shape index (κ1) is 8.50. The van der Waals surface area contributed by atoms with Crippen LogP contribution in [0, 0.1) is 0 Å². The summed E-state index contributed by atoms with van der Waals surface area (Å²) >= 11 is 5.61. The van der Waals surface area contributed by atoms with Gasteiger partial charge in [-0.2, -0.15) is 0 Å². The maximum absolute atomic E-state index is 5.76. The zero-order chi connectivity index (χ0) is 8.27. The summed E-state index contributed by atoms with van der Waals surface area (Å²) < 4.78 is 0. The largest absolute Gasteiger partial charge is 0.324 e. The number of hydrogen-bond donors (Lipinski definition) is 1. The number of nitrogens with two attached hydrogens (primary N) is 1. The molecule has 0 aliphatic rings. The van der Waals surface area contributed by atoms with Crippen molar-refractivity contribution in [3.8, 4) is 0 Å². The smallest absolute Gasteiger partial charge is 0.129 e. The second-order valence-corrected chi connectivity index (χ2v) is 2.82. The van der Waals surface area contributed by atoms with Gasteiger partial charge in [0.15, 0.2) is 0 Å². The van der Waals surface area contributed by atoms with Gasteiger partial charge in [-0.1, -0.05) is 24.6 Å². The molecule has 1 aromatic rings. The lowest BCUT2D eigenvalue weighted by Gasteiger charge is -2.07. The Bertz CT molecular complexity index is 220. The summed E-state index contributed by atoms with van der Waals surface area (Å²) in [4.78, 5) is 3.93. The molecule has 0 aliphatic heterocycles. The van der Waals surface area contributed by atoms with Crippen LogP contribution in [0.25, 0.3) is 0 Å². The van der Waals surface area contributed by atoms with E-state index in [-0.39, 0.29) is 6.04 Å². The molecule has 0 amide bonds. The van der Waals surface area contributed by atoms with Gasteiger partial charge < -0.3 is 5.73 Å². The van der Waals surface area contributed by atoms with E-state index in [1.807, 2.05) is 13.0 Å². The number of pyridine rings is 1. The third-order valence-corrected chi connectivity index (χ3v) is 1.84. The number of nitrogens with zero attached hydrogens (tertiary/aromatic N) is 1. The zero-order valence-corrected chi connectivity index (χ0v) is 7.17. The number of halogens is 1. The van der Waals surface area contributed by atoms with Crippen LogP contribution in [-0.2, 0) is 0 Å². The topological polar surface area (TPSA) is 38.9 Å². The molecule has 1 aromatic heterocycles. The van der Waals surface area contributed by atoms with Crippen molar-refractivity contribution in [1.29, 1.82) is 0 Å². The molecule has 0 aromatic carbocycles. The number of aromatic nitrogens is 1. The molecule has 0 saturated heterocycles. The predicted molar refractivity (Wildman–Crippen MR) is 46.5 cm³/mol. The van der Waals surface area contributed by atoms with Crippen LogP contribution < -0.4 is 5.73 Å². The summed E-state index contributed by atoms with van der Waals surface area (Å²) in [6.45, 7) is 2.04. The summed E-state index contributed by atoms with van der Waals surface area (Å²) in [6, 6.07) is 3.75. The number of hydrogen-bond acceptors (Lipinski definition) is 2. The van der Waals surface area contributed by atoms with E-state index in [1.165, 1.54) is 0 Å². The van der Waals surface area contributed by atoms with Crippen LogP contribution in [0.4, 0.5) is 0 Å². The van der Waals surface area contributed by atoms with Crippen LogP contribution in [-0.4, -0.2) is 4.98 Å². The summed E-state index contributed by atoms with van der Waals surface area (Å²) in [5, 5.41) is 0.511.